The van der Waals surface area contributed by atoms with Crippen molar-refractivity contribution < 1.29 is 18.6 Å². The van der Waals surface area contributed by atoms with E-state index in [9.17, 15) is 8.42 Å². The molecule has 0 saturated carbocycles. The molecule has 0 unspecified atom stereocenters. The molecule has 0 aliphatic rings. The first-order valence-corrected chi connectivity index (χ1v) is 7.51. The Bertz CT molecular complexity index is 584. The van der Waals surface area contributed by atoms with Gasteiger partial charge in [-0.3, -0.25) is 0 Å². The molecule has 0 heterocycles. The van der Waals surface area contributed by atoms with Crippen LogP contribution in [0.3, 0.4) is 0 Å². The van der Waals surface area contributed by atoms with Crippen molar-refractivity contribution in [2.45, 2.75) is 4.90 Å². The SMILES string of the molecule is NCC#Cc1cccc(S(=O)(=O)N(CCO)CCO)c1. The minimum atomic E-state index is -3.76. The van der Waals surface area contributed by atoms with Gasteiger partial charge in [0.05, 0.1) is 24.7 Å². The Morgan fingerprint density at radius 2 is 1.85 bits per heavy atom. The minimum Gasteiger partial charge on any atom is -0.395 e. The molecule has 0 aromatic heterocycles. The summed E-state index contributed by atoms with van der Waals surface area (Å²) in [7, 11) is -3.76. The Balaban J connectivity index is 3.13. The number of benzene rings is 1. The van der Waals surface area contributed by atoms with E-state index in [4.69, 9.17) is 15.9 Å². The summed E-state index contributed by atoms with van der Waals surface area (Å²) >= 11 is 0. The summed E-state index contributed by atoms with van der Waals surface area (Å²) in [6.45, 7) is -0.570. The van der Waals surface area contributed by atoms with Gasteiger partial charge in [-0.25, -0.2) is 8.42 Å². The zero-order valence-electron chi connectivity index (χ0n) is 11.0. The molecule has 4 N–H and O–H groups in total. The topological polar surface area (TPSA) is 104 Å². The third-order valence-corrected chi connectivity index (χ3v) is 4.40. The molecule has 0 amide bonds. The van der Waals surface area contributed by atoms with Crippen molar-refractivity contribution in [2.24, 2.45) is 5.73 Å². The second-order valence-corrected chi connectivity index (χ2v) is 5.82. The molecular weight excluding hydrogens is 280 g/mol. The van der Waals surface area contributed by atoms with Crippen molar-refractivity contribution in [3.63, 3.8) is 0 Å². The van der Waals surface area contributed by atoms with E-state index in [0.29, 0.717) is 5.56 Å². The van der Waals surface area contributed by atoms with Crippen LogP contribution in [0.2, 0.25) is 0 Å². The Morgan fingerprint density at radius 3 is 2.40 bits per heavy atom. The maximum atomic E-state index is 12.4. The highest BCUT2D eigenvalue weighted by molar-refractivity contribution is 7.89. The van der Waals surface area contributed by atoms with E-state index < -0.39 is 10.0 Å². The number of sulfonamides is 1. The molecule has 20 heavy (non-hydrogen) atoms. The summed E-state index contributed by atoms with van der Waals surface area (Å²) in [6.07, 6.45) is 0. The lowest BCUT2D eigenvalue weighted by molar-refractivity contribution is 0.217. The van der Waals surface area contributed by atoms with Gasteiger partial charge in [0.15, 0.2) is 0 Å². The summed E-state index contributed by atoms with van der Waals surface area (Å²) in [6, 6.07) is 6.16. The monoisotopic (exact) mass is 298 g/mol. The van der Waals surface area contributed by atoms with E-state index in [1.165, 1.54) is 12.1 Å². The fraction of sp³-hybridized carbons (Fsp3) is 0.385. The Labute approximate surface area is 118 Å². The van der Waals surface area contributed by atoms with Gasteiger partial charge >= 0.3 is 0 Å². The molecular formula is C13H18N2O4S. The molecule has 7 heteroatoms. The van der Waals surface area contributed by atoms with E-state index in [0.717, 1.165) is 4.31 Å². The summed E-state index contributed by atoms with van der Waals surface area (Å²) < 4.78 is 25.8. The van der Waals surface area contributed by atoms with Gasteiger partial charge < -0.3 is 15.9 Å². The minimum absolute atomic E-state index is 0.0679. The van der Waals surface area contributed by atoms with Crippen LogP contribution in [-0.4, -0.2) is 55.8 Å². The number of hydrogen-bond acceptors (Lipinski definition) is 5. The predicted molar refractivity (Wildman–Crippen MR) is 75.3 cm³/mol. The van der Waals surface area contributed by atoms with Crippen LogP contribution in [0.4, 0.5) is 0 Å². The molecule has 1 aromatic rings. The van der Waals surface area contributed by atoms with Crippen molar-refractivity contribution in [3.05, 3.63) is 29.8 Å². The smallest absolute Gasteiger partial charge is 0.243 e. The molecule has 0 fully saturated rings. The lowest BCUT2D eigenvalue weighted by Gasteiger charge is -2.20. The van der Waals surface area contributed by atoms with Crippen LogP contribution < -0.4 is 5.73 Å². The van der Waals surface area contributed by atoms with Gasteiger partial charge in [-0.15, -0.1) is 0 Å². The average Bonchev–Trinajstić information content (AvgIpc) is 2.45. The molecule has 1 aromatic carbocycles. The van der Waals surface area contributed by atoms with Gasteiger partial charge in [0, 0.05) is 18.7 Å². The summed E-state index contributed by atoms with van der Waals surface area (Å²) in [5, 5.41) is 17.8. The van der Waals surface area contributed by atoms with Crippen LogP contribution in [0.5, 0.6) is 0 Å². The van der Waals surface area contributed by atoms with Crippen molar-refractivity contribution >= 4 is 10.0 Å². The van der Waals surface area contributed by atoms with Gasteiger partial charge in [0.25, 0.3) is 0 Å². The first-order chi connectivity index (χ1) is 9.56. The van der Waals surface area contributed by atoms with Crippen LogP contribution >= 0.6 is 0 Å². The van der Waals surface area contributed by atoms with Gasteiger partial charge in [0.2, 0.25) is 10.0 Å². The highest BCUT2D eigenvalue weighted by atomic mass is 32.2. The molecule has 0 radical (unpaired) electrons. The largest absolute Gasteiger partial charge is 0.395 e. The lowest BCUT2D eigenvalue weighted by Crippen LogP contribution is -2.35. The van der Waals surface area contributed by atoms with E-state index in [1.54, 1.807) is 12.1 Å². The number of aliphatic hydroxyl groups excluding tert-OH is 2. The zero-order valence-corrected chi connectivity index (χ0v) is 11.8. The quantitative estimate of drug-likeness (QED) is 0.583. The molecule has 0 aliphatic carbocycles. The van der Waals surface area contributed by atoms with Crippen LogP contribution in [0.25, 0.3) is 0 Å². The molecule has 0 bridgehead atoms. The van der Waals surface area contributed by atoms with Crippen molar-refractivity contribution in [1.82, 2.24) is 4.31 Å². The van der Waals surface area contributed by atoms with E-state index in [-0.39, 0.29) is 37.7 Å². The first-order valence-electron chi connectivity index (χ1n) is 6.07. The lowest BCUT2D eigenvalue weighted by atomic mass is 10.2. The second kappa shape index (κ2) is 7.99. The molecule has 6 nitrogen and oxygen atoms in total. The molecule has 1 rings (SSSR count). The molecule has 110 valence electrons. The summed E-state index contributed by atoms with van der Waals surface area (Å²) in [4.78, 5) is 0.0724. The maximum Gasteiger partial charge on any atom is 0.243 e. The van der Waals surface area contributed by atoms with Crippen LogP contribution in [0, 0.1) is 11.8 Å². The van der Waals surface area contributed by atoms with Crippen LogP contribution in [0.1, 0.15) is 5.56 Å². The average molecular weight is 298 g/mol. The number of aliphatic hydroxyl groups is 2. The van der Waals surface area contributed by atoms with Crippen molar-refractivity contribution in [3.8, 4) is 11.8 Å². The molecule has 0 aliphatic heterocycles. The Morgan fingerprint density at radius 1 is 1.20 bits per heavy atom. The van der Waals surface area contributed by atoms with Crippen molar-refractivity contribution in [2.75, 3.05) is 32.8 Å². The fourth-order valence-electron chi connectivity index (χ4n) is 1.61. The third-order valence-electron chi connectivity index (χ3n) is 2.51. The normalized spacial score (nSPS) is 11.2. The van der Waals surface area contributed by atoms with Gasteiger partial charge in [0.1, 0.15) is 0 Å². The Hall–Kier alpha value is -1.43. The van der Waals surface area contributed by atoms with E-state index in [1.807, 2.05) is 0 Å². The fourth-order valence-corrected chi connectivity index (χ4v) is 3.08. The van der Waals surface area contributed by atoms with Crippen LogP contribution in [0.15, 0.2) is 29.2 Å². The van der Waals surface area contributed by atoms with Gasteiger partial charge in [-0.2, -0.15) is 4.31 Å². The highest BCUT2D eigenvalue weighted by Crippen LogP contribution is 2.16. The maximum absolute atomic E-state index is 12.4. The molecule has 0 saturated heterocycles. The highest BCUT2D eigenvalue weighted by Gasteiger charge is 2.23. The number of nitrogens with zero attached hydrogens (tertiary/aromatic N) is 1. The van der Waals surface area contributed by atoms with Crippen LogP contribution in [-0.2, 0) is 10.0 Å². The second-order valence-electron chi connectivity index (χ2n) is 3.89. The van der Waals surface area contributed by atoms with Gasteiger partial charge in [-0.05, 0) is 18.2 Å². The molecule has 0 spiro atoms. The summed E-state index contributed by atoms with van der Waals surface area (Å²) in [5.74, 6) is 5.42. The number of nitrogens with two attached hydrogens (primary N) is 1. The molecule has 0 atom stereocenters. The zero-order chi connectivity index (χ0) is 15.0. The van der Waals surface area contributed by atoms with E-state index >= 15 is 0 Å². The predicted octanol–water partition coefficient (Wildman–Crippen LogP) is -1.03. The van der Waals surface area contributed by atoms with Crippen molar-refractivity contribution in [1.29, 1.82) is 0 Å². The summed E-state index contributed by atoms with van der Waals surface area (Å²) in [5.41, 5.74) is 5.82. The van der Waals surface area contributed by atoms with Gasteiger partial charge in [-0.1, -0.05) is 17.9 Å². The third kappa shape index (κ3) is 4.30. The van der Waals surface area contributed by atoms with E-state index in [2.05, 4.69) is 11.8 Å². The number of hydrogen-bond donors (Lipinski definition) is 3. The Kier molecular flexibility index (Phi) is 6.64. The standard InChI is InChI=1S/C13H18N2O4S/c14-6-2-4-12-3-1-5-13(11-12)20(18,19)15(7-9-16)8-10-17/h1,3,5,11,16-17H,6-10,14H2. The number of rotatable bonds is 6. The first kappa shape index (κ1) is 16.6.